The zero-order valence-corrected chi connectivity index (χ0v) is 10.8. The largest absolute Gasteiger partial charge is 0.290 e. The van der Waals surface area contributed by atoms with E-state index in [4.69, 9.17) is 11.6 Å². The molecule has 0 saturated heterocycles. The average molecular weight is 279 g/mol. The molecule has 0 aliphatic heterocycles. The molecular weight excluding hydrogens is 268 g/mol. The Morgan fingerprint density at radius 2 is 2.18 bits per heavy atom. The van der Waals surface area contributed by atoms with Crippen LogP contribution >= 0.6 is 11.6 Å². The van der Waals surface area contributed by atoms with E-state index in [2.05, 4.69) is 4.98 Å². The van der Waals surface area contributed by atoms with Gasteiger partial charge in [0.2, 0.25) is 0 Å². The maximum atomic E-state index is 11.9. The van der Waals surface area contributed by atoms with E-state index in [0.717, 1.165) is 6.20 Å². The highest BCUT2D eigenvalue weighted by Gasteiger charge is 2.25. The number of halogens is 1. The van der Waals surface area contributed by atoms with Crippen molar-refractivity contribution >= 4 is 27.1 Å². The number of alkyl halides is 1. The lowest BCUT2D eigenvalue weighted by atomic mass is 10.3. The summed E-state index contributed by atoms with van der Waals surface area (Å²) in [5.74, 6) is -0.0555. The first-order chi connectivity index (χ1) is 7.80. The van der Waals surface area contributed by atoms with Crippen LogP contribution in [0.5, 0.6) is 0 Å². The van der Waals surface area contributed by atoms with Crippen LogP contribution in [0.25, 0.3) is 0 Å². The third kappa shape index (κ3) is 2.73. The number of aromatic nitrogens is 1. The fraction of sp³-hybridized carbons (Fsp3) is 0.444. The van der Waals surface area contributed by atoms with Gasteiger partial charge in [-0.1, -0.05) is 0 Å². The second kappa shape index (κ2) is 4.97. The first-order valence-corrected chi connectivity index (χ1v) is 6.79. The van der Waals surface area contributed by atoms with Gasteiger partial charge >= 0.3 is 0 Å². The van der Waals surface area contributed by atoms with Gasteiger partial charge < -0.3 is 0 Å². The van der Waals surface area contributed by atoms with Gasteiger partial charge in [0, 0.05) is 11.4 Å². The summed E-state index contributed by atoms with van der Waals surface area (Å²) < 4.78 is 23.8. The highest BCUT2D eigenvalue weighted by Crippen LogP contribution is 2.21. The minimum Gasteiger partial charge on any atom is -0.258 e. The minimum absolute atomic E-state index is 0.0555. The smallest absolute Gasteiger partial charge is 0.258 e. The van der Waals surface area contributed by atoms with Crippen LogP contribution in [0.4, 0.5) is 5.69 Å². The second-order valence-electron chi connectivity index (χ2n) is 3.58. The van der Waals surface area contributed by atoms with E-state index in [-0.39, 0.29) is 22.2 Å². The van der Waals surface area contributed by atoms with E-state index < -0.39 is 20.0 Å². The van der Waals surface area contributed by atoms with Crippen molar-refractivity contribution in [3.63, 3.8) is 0 Å². The molecule has 0 aliphatic rings. The number of sulfone groups is 1. The van der Waals surface area contributed by atoms with Crippen molar-refractivity contribution in [2.24, 2.45) is 0 Å². The van der Waals surface area contributed by atoms with E-state index in [1.807, 2.05) is 0 Å². The Balaban J connectivity index is 3.28. The molecule has 1 heterocycles. The normalized spacial score (nSPS) is 13.4. The highest BCUT2D eigenvalue weighted by molar-refractivity contribution is 7.92. The van der Waals surface area contributed by atoms with Gasteiger partial charge in [0.15, 0.2) is 14.9 Å². The van der Waals surface area contributed by atoms with Gasteiger partial charge in [-0.2, -0.15) is 0 Å². The zero-order chi connectivity index (χ0) is 13.2. The van der Waals surface area contributed by atoms with Gasteiger partial charge in [0.1, 0.15) is 6.20 Å². The Hall–Kier alpha value is -1.21. The standard InChI is InChI=1S/C9H11ClN2O4S/c1-6-3-9(11-5-8(6)12(13)14)17(15,16)7(2)4-10/h3,5,7H,4H2,1-2H3. The van der Waals surface area contributed by atoms with Crippen LogP contribution in [0.2, 0.25) is 0 Å². The molecule has 1 aromatic rings. The first kappa shape index (κ1) is 13.9. The second-order valence-corrected chi connectivity index (χ2v) is 6.20. The fourth-order valence-corrected chi connectivity index (χ4v) is 2.78. The Kier molecular flexibility index (Phi) is 4.05. The van der Waals surface area contributed by atoms with Crippen molar-refractivity contribution < 1.29 is 13.3 Å². The summed E-state index contributed by atoms with van der Waals surface area (Å²) in [6.07, 6.45) is 0.948. The summed E-state index contributed by atoms with van der Waals surface area (Å²) >= 11 is 5.49. The van der Waals surface area contributed by atoms with E-state index in [0.29, 0.717) is 0 Å². The summed E-state index contributed by atoms with van der Waals surface area (Å²) in [6.45, 7) is 2.92. The molecule has 0 fully saturated rings. The molecule has 1 rings (SSSR count). The molecule has 1 atom stereocenters. The van der Waals surface area contributed by atoms with E-state index >= 15 is 0 Å². The lowest BCUT2D eigenvalue weighted by molar-refractivity contribution is -0.385. The van der Waals surface area contributed by atoms with Crippen LogP contribution in [-0.2, 0) is 9.84 Å². The Labute approximate surface area is 104 Å². The third-order valence-electron chi connectivity index (χ3n) is 2.29. The van der Waals surface area contributed by atoms with Crippen molar-refractivity contribution in [3.8, 4) is 0 Å². The number of hydrogen-bond donors (Lipinski definition) is 0. The van der Waals surface area contributed by atoms with E-state index in [9.17, 15) is 18.5 Å². The Morgan fingerprint density at radius 3 is 2.59 bits per heavy atom. The quantitative estimate of drug-likeness (QED) is 0.475. The maximum absolute atomic E-state index is 11.9. The van der Waals surface area contributed by atoms with Crippen LogP contribution in [0.1, 0.15) is 12.5 Å². The molecule has 1 unspecified atom stereocenters. The number of pyridine rings is 1. The highest BCUT2D eigenvalue weighted by atomic mass is 35.5. The SMILES string of the molecule is Cc1cc(S(=O)(=O)C(C)CCl)ncc1[N+](=O)[O-]. The number of nitrogens with zero attached hydrogens (tertiary/aromatic N) is 2. The van der Waals surface area contributed by atoms with Crippen LogP contribution in [0.3, 0.4) is 0 Å². The van der Waals surface area contributed by atoms with Gasteiger partial charge in [-0.3, -0.25) is 10.1 Å². The molecule has 0 saturated carbocycles. The van der Waals surface area contributed by atoms with E-state index in [1.165, 1.54) is 19.9 Å². The van der Waals surface area contributed by atoms with Gasteiger partial charge in [0.05, 0.1) is 10.2 Å². The number of nitro groups is 1. The van der Waals surface area contributed by atoms with Crippen molar-refractivity contribution in [1.82, 2.24) is 4.98 Å². The molecule has 0 radical (unpaired) electrons. The third-order valence-corrected chi connectivity index (χ3v) is 4.97. The Bertz CT molecular complexity index is 544. The number of rotatable bonds is 4. The monoisotopic (exact) mass is 278 g/mol. The molecule has 0 aliphatic carbocycles. The molecule has 17 heavy (non-hydrogen) atoms. The molecule has 8 heteroatoms. The predicted molar refractivity (Wildman–Crippen MR) is 63.0 cm³/mol. The van der Waals surface area contributed by atoms with Crippen molar-refractivity contribution in [2.45, 2.75) is 24.1 Å². The van der Waals surface area contributed by atoms with Crippen LogP contribution in [-0.4, -0.2) is 29.5 Å². The first-order valence-electron chi connectivity index (χ1n) is 4.71. The molecule has 6 nitrogen and oxygen atoms in total. The Morgan fingerprint density at radius 1 is 1.59 bits per heavy atom. The van der Waals surface area contributed by atoms with Crippen molar-refractivity contribution in [2.75, 3.05) is 5.88 Å². The predicted octanol–water partition coefficient (Wildman–Crippen LogP) is 1.70. The molecule has 0 N–H and O–H groups in total. The van der Waals surface area contributed by atoms with Crippen molar-refractivity contribution in [1.29, 1.82) is 0 Å². The van der Waals surface area contributed by atoms with Gasteiger partial charge in [-0.15, -0.1) is 11.6 Å². The summed E-state index contributed by atoms with van der Waals surface area (Å²) in [5.41, 5.74) is 0.0489. The fourth-order valence-electron chi connectivity index (χ4n) is 1.16. The maximum Gasteiger partial charge on any atom is 0.290 e. The molecule has 0 amide bonds. The summed E-state index contributed by atoms with van der Waals surface area (Å²) in [7, 11) is -3.62. The summed E-state index contributed by atoms with van der Waals surface area (Å²) in [4.78, 5) is 13.6. The van der Waals surface area contributed by atoms with Crippen LogP contribution in [0.15, 0.2) is 17.3 Å². The molecule has 0 spiro atoms. The molecule has 1 aromatic heterocycles. The molecule has 0 aromatic carbocycles. The molecule has 94 valence electrons. The zero-order valence-electron chi connectivity index (χ0n) is 9.25. The van der Waals surface area contributed by atoms with Gasteiger partial charge in [0.25, 0.3) is 5.69 Å². The summed E-state index contributed by atoms with van der Waals surface area (Å²) in [6, 6.07) is 1.19. The number of aryl methyl sites for hydroxylation is 1. The van der Waals surface area contributed by atoms with Crippen LogP contribution < -0.4 is 0 Å². The average Bonchev–Trinajstić information content (AvgIpc) is 2.27. The lowest BCUT2D eigenvalue weighted by Gasteiger charge is -2.09. The molecule has 0 bridgehead atoms. The number of hydrogen-bond acceptors (Lipinski definition) is 5. The van der Waals surface area contributed by atoms with Gasteiger partial charge in [-0.25, -0.2) is 13.4 Å². The topological polar surface area (TPSA) is 90.2 Å². The van der Waals surface area contributed by atoms with Crippen molar-refractivity contribution in [3.05, 3.63) is 27.9 Å². The molecular formula is C9H11ClN2O4S. The van der Waals surface area contributed by atoms with E-state index in [1.54, 1.807) is 0 Å². The summed E-state index contributed by atoms with van der Waals surface area (Å²) in [5, 5.41) is 9.60. The lowest BCUT2D eigenvalue weighted by Crippen LogP contribution is -2.20. The van der Waals surface area contributed by atoms with Gasteiger partial charge in [-0.05, 0) is 19.9 Å². The minimum atomic E-state index is -3.62. The van der Waals surface area contributed by atoms with Crippen LogP contribution in [0, 0.1) is 17.0 Å².